The predicted molar refractivity (Wildman–Crippen MR) is 128 cm³/mol. The molecule has 0 aliphatic heterocycles. The molecule has 2 heterocycles. The van der Waals surface area contributed by atoms with Crippen molar-refractivity contribution in [3.63, 3.8) is 0 Å². The Kier molecular flexibility index (Phi) is 5.47. The first-order valence-corrected chi connectivity index (χ1v) is 10.5. The number of methoxy groups -OCH3 is 1. The van der Waals surface area contributed by atoms with E-state index in [4.69, 9.17) is 9.47 Å². The molecule has 2 aromatic heterocycles. The first-order chi connectivity index (χ1) is 16.2. The maximum Gasteiger partial charge on any atom is 0.259 e. The van der Waals surface area contributed by atoms with Gasteiger partial charge in [0.15, 0.2) is 0 Å². The fourth-order valence-corrected chi connectivity index (χ4v) is 3.59. The number of anilines is 1. The molecule has 6 heteroatoms. The molecule has 162 valence electrons. The van der Waals surface area contributed by atoms with E-state index in [-0.39, 0.29) is 5.91 Å². The van der Waals surface area contributed by atoms with E-state index in [1.54, 1.807) is 25.3 Å². The molecule has 5 rings (SSSR count). The molecule has 0 saturated carbocycles. The summed E-state index contributed by atoms with van der Waals surface area (Å²) in [5, 5.41) is 2.97. The number of nitrogens with zero attached hydrogens (tertiary/aromatic N) is 2. The van der Waals surface area contributed by atoms with Crippen molar-refractivity contribution in [1.82, 2.24) is 9.38 Å². The summed E-state index contributed by atoms with van der Waals surface area (Å²) in [6.07, 6.45) is 3.90. The van der Waals surface area contributed by atoms with E-state index in [1.165, 1.54) is 0 Å². The Hall–Kier alpha value is -4.58. The van der Waals surface area contributed by atoms with Crippen molar-refractivity contribution in [2.24, 2.45) is 0 Å². The van der Waals surface area contributed by atoms with Gasteiger partial charge in [0.2, 0.25) is 0 Å². The lowest BCUT2D eigenvalue weighted by Gasteiger charge is -2.14. The fraction of sp³-hybridized carbons (Fsp3) is 0.0370. The maximum atomic E-state index is 13.2. The van der Waals surface area contributed by atoms with Crippen LogP contribution in [0.25, 0.3) is 16.9 Å². The van der Waals surface area contributed by atoms with Gasteiger partial charge in [-0.25, -0.2) is 4.98 Å². The van der Waals surface area contributed by atoms with Gasteiger partial charge in [-0.2, -0.15) is 0 Å². The molecule has 5 aromatic rings. The average molecular weight is 435 g/mol. The van der Waals surface area contributed by atoms with Crippen molar-refractivity contribution in [3.8, 4) is 28.5 Å². The number of hydrogen-bond donors (Lipinski definition) is 1. The molecular weight excluding hydrogens is 414 g/mol. The van der Waals surface area contributed by atoms with E-state index < -0.39 is 0 Å². The van der Waals surface area contributed by atoms with Crippen molar-refractivity contribution >= 4 is 17.2 Å². The van der Waals surface area contributed by atoms with Crippen molar-refractivity contribution in [1.29, 1.82) is 0 Å². The highest BCUT2D eigenvalue weighted by atomic mass is 16.5. The molecule has 1 amide bonds. The number of nitrogens with one attached hydrogen (secondary N) is 1. The van der Waals surface area contributed by atoms with Crippen LogP contribution < -0.4 is 14.8 Å². The second-order valence-electron chi connectivity index (χ2n) is 7.37. The lowest BCUT2D eigenvalue weighted by atomic mass is 10.1. The quantitative estimate of drug-likeness (QED) is 0.352. The second kappa shape index (κ2) is 8.88. The van der Waals surface area contributed by atoms with Gasteiger partial charge in [-0.1, -0.05) is 36.4 Å². The van der Waals surface area contributed by atoms with E-state index in [0.717, 1.165) is 16.9 Å². The Bertz CT molecular complexity index is 1390. The van der Waals surface area contributed by atoms with E-state index in [2.05, 4.69) is 10.3 Å². The van der Waals surface area contributed by atoms with Gasteiger partial charge in [0, 0.05) is 18.0 Å². The Morgan fingerprint density at radius 1 is 0.879 bits per heavy atom. The number of aromatic nitrogens is 2. The molecule has 3 aromatic carbocycles. The van der Waals surface area contributed by atoms with Crippen LogP contribution >= 0.6 is 0 Å². The predicted octanol–water partition coefficient (Wildman–Crippen LogP) is 6.05. The summed E-state index contributed by atoms with van der Waals surface area (Å²) >= 11 is 0. The molecular formula is C27H21N3O3. The Labute approximate surface area is 191 Å². The zero-order valence-corrected chi connectivity index (χ0v) is 17.9. The van der Waals surface area contributed by atoms with E-state index in [9.17, 15) is 4.79 Å². The van der Waals surface area contributed by atoms with Crippen LogP contribution in [-0.2, 0) is 0 Å². The van der Waals surface area contributed by atoms with Gasteiger partial charge in [-0.05, 0) is 54.6 Å². The number of hydrogen-bond acceptors (Lipinski definition) is 4. The first kappa shape index (κ1) is 20.3. The van der Waals surface area contributed by atoms with Crippen LogP contribution in [0.15, 0.2) is 103 Å². The number of ether oxygens (including phenoxy) is 2. The average Bonchev–Trinajstić information content (AvgIpc) is 3.29. The molecule has 0 aliphatic carbocycles. The summed E-state index contributed by atoms with van der Waals surface area (Å²) in [6, 6.07) is 27.9. The molecule has 0 atom stereocenters. The first-order valence-electron chi connectivity index (χ1n) is 10.5. The number of rotatable bonds is 6. The minimum atomic E-state index is -0.299. The number of pyridine rings is 1. The van der Waals surface area contributed by atoms with Gasteiger partial charge in [-0.3, -0.25) is 4.79 Å². The van der Waals surface area contributed by atoms with Crippen LogP contribution in [0.5, 0.6) is 17.2 Å². The number of para-hydroxylation sites is 2. The standard InChI is InChI=1S/C27H21N3O3/c1-32-25-15-14-19(23-18-30-16-8-7-13-26(30)28-23)17-22(25)29-27(31)21-11-5-6-12-24(21)33-20-9-3-2-4-10-20/h2-18H,1H3,(H,29,31). The van der Waals surface area contributed by atoms with Crippen LogP contribution in [0.2, 0.25) is 0 Å². The Morgan fingerprint density at radius 3 is 2.48 bits per heavy atom. The normalized spacial score (nSPS) is 10.7. The summed E-state index contributed by atoms with van der Waals surface area (Å²) in [6.45, 7) is 0. The van der Waals surface area contributed by atoms with Gasteiger partial charge in [-0.15, -0.1) is 0 Å². The summed E-state index contributed by atoms with van der Waals surface area (Å²) in [5.41, 5.74) is 3.48. The number of imidazole rings is 1. The number of amides is 1. The van der Waals surface area contributed by atoms with Crippen molar-refractivity contribution < 1.29 is 14.3 Å². The summed E-state index contributed by atoms with van der Waals surface area (Å²) in [5.74, 6) is 1.38. The zero-order chi connectivity index (χ0) is 22.6. The molecule has 0 bridgehead atoms. The highest BCUT2D eigenvalue weighted by Crippen LogP contribution is 2.32. The van der Waals surface area contributed by atoms with Crippen LogP contribution in [0, 0.1) is 0 Å². The van der Waals surface area contributed by atoms with Gasteiger partial charge in [0.25, 0.3) is 5.91 Å². The van der Waals surface area contributed by atoms with Crippen LogP contribution in [0.4, 0.5) is 5.69 Å². The summed E-state index contributed by atoms with van der Waals surface area (Å²) in [7, 11) is 1.57. The number of carbonyl (C=O) groups is 1. The fourth-order valence-electron chi connectivity index (χ4n) is 3.59. The van der Waals surface area contributed by atoms with E-state index >= 15 is 0 Å². The van der Waals surface area contributed by atoms with E-state index in [1.807, 2.05) is 89.6 Å². The molecule has 0 saturated heterocycles. The monoisotopic (exact) mass is 435 g/mol. The van der Waals surface area contributed by atoms with Crippen molar-refractivity contribution in [2.75, 3.05) is 12.4 Å². The van der Waals surface area contributed by atoms with Gasteiger partial charge in [0.1, 0.15) is 22.9 Å². The Balaban J connectivity index is 1.45. The largest absolute Gasteiger partial charge is 0.495 e. The van der Waals surface area contributed by atoms with Gasteiger partial charge >= 0.3 is 0 Å². The third-order valence-electron chi connectivity index (χ3n) is 5.21. The smallest absolute Gasteiger partial charge is 0.259 e. The third-order valence-corrected chi connectivity index (χ3v) is 5.21. The SMILES string of the molecule is COc1ccc(-c2cn3ccccc3n2)cc1NC(=O)c1ccccc1Oc1ccccc1. The molecule has 0 spiro atoms. The third kappa shape index (κ3) is 4.27. The van der Waals surface area contributed by atoms with Crippen molar-refractivity contribution in [2.45, 2.75) is 0 Å². The van der Waals surface area contributed by atoms with Crippen molar-refractivity contribution in [3.05, 3.63) is 109 Å². The molecule has 0 unspecified atom stereocenters. The van der Waals surface area contributed by atoms with Crippen LogP contribution in [0.1, 0.15) is 10.4 Å². The minimum Gasteiger partial charge on any atom is -0.495 e. The van der Waals surface area contributed by atoms with Crippen LogP contribution in [0.3, 0.4) is 0 Å². The Morgan fingerprint density at radius 2 is 1.67 bits per heavy atom. The molecule has 1 N–H and O–H groups in total. The maximum absolute atomic E-state index is 13.2. The highest BCUT2D eigenvalue weighted by molar-refractivity contribution is 6.07. The zero-order valence-electron chi connectivity index (χ0n) is 17.9. The molecule has 33 heavy (non-hydrogen) atoms. The lowest BCUT2D eigenvalue weighted by Crippen LogP contribution is -2.13. The topological polar surface area (TPSA) is 64.9 Å². The minimum absolute atomic E-state index is 0.299. The molecule has 0 fully saturated rings. The van der Waals surface area contributed by atoms with E-state index in [0.29, 0.717) is 28.5 Å². The number of benzene rings is 3. The number of carbonyl (C=O) groups excluding carboxylic acids is 1. The van der Waals surface area contributed by atoms with Crippen LogP contribution in [-0.4, -0.2) is 22.4 Å². The molecule has 0 radical (unpaired) electrons. The van der Waals surface area contributed by atoms with Gasteiger partial charge in [0.05, 0.1) is 24.1 Å². The summed E-state index contributed by atoms with van der Waals surface area (Å²) in [4.78, 5) is 17.9. The summed E-state index contributed by atoms with van der Waals surface area (Å²) < 4.78 is 13.4. The molecule has 6 nitrogen and oxygen atoms in total. The van der Waals surface area contributed by atoms with Gasteiger partial charge < -0.3 is 19.2 Å². The number of fused-ring (bicyclic) bond motifs is 1. The lowest BCUT2D eigenvalue weighted by molar-refractivity contribution is 0.102. The molecule has 0 aliphatic rings. The highest BCUT2D eigenvalue weighted by Gasteiger charge is 2.16. The second-order valence-corrected chi connectivity index (χ2v) is 7.37.